The second-order valence-corrected chi connectivity index (χ2v) is 19.5. The molecule has 278 valence electrons. The Morgan fingerprint density at radius 3 is 2.11 bits per heavy atom. The monoisotopic (exact) mass is 707 g/mol. The van der Waals surface area contributed by atoms with Gasteiger partial charge in [0.1, 0.15) is 5.58 Å². The van der Waals surface area contributed by atoms with Crippen molar-refractivity contribution in [2.75, 3.05) is 18.0 Å². The molecule has 3 nitrogen and oxygen atoms in total. The van der Waals surface area contributed by atoms with Crippen molar-refractivity contribution < 1.29 is 4.42 Å². The molecular formula is C49H63BN2O. The lowest BCUT2D eigenvalue weighted by atomic mass is 9.36. The highest BCUT2D eigenvalue weighted by Crippen LogP contribution is 2.47. The molecule has 0 unspecified atom stereocenters. The highest BCUT2D eigenvalue weighted by atomic mass is 16.3. The minimum Gasteiger partial charge on any atom is -0.470 e. The number of nitrogens with zero attached hydrogens (tertiary/aromatic N) is 1. The zero-order valence-corrected chi connectivity index (χ0v) is 34.8. The number of anilines is 1. The average molecular weight is 707 g/mol. The van der Waals surface area contributed by atoms with E-state index in [1.165, 1.54) is 73.9 Å². The SMILES string of the molecule is C=CCNCC1=C(C=C(C)C)N(/C=C/CC(C)(C)C)c2cc(-c3ccc(C(C)(C)C)cc3)ccc2B1c1cc2cc3c(cc2o1)C(C)(C)CCC3(C)C. The first-order valence-electron chi connectivity index (χ1n) is 19.8. The molecule has 0 radical (unpaired) electrons. The maximum atomic E-state index is 7.06. The molecule has 4 aromatic rings. The van der Waals surface area contributed by atoms with Crippen LogP contribution in [0, 0.1) is 5.41 Å². The van der Waals surface area contributed by atoms with Crippen molar-refractivity contribution in [3.05, 3.63) is 125 Å². The summed E-state index contributed by atoms with van der Waals surface area (Å²) < 4.78 is 7.06. The average Bonchev–Trinajstić information content (AvgIpc) is 3.49. The van der Waals surface area contributed by atoms with Crippen LogP contribution in [0.3, 0.4) is 0 Å². The molecule has 53 heavy (non-hydrogen) atoms. The van der Waals surface area contributed by atoms with E-state index in [1.807, 2.05) is 6.08 Å². The molecule has 0 saturated heterocycles. The lowest BCUT2D eigenvalue weighted by molar-refractivity contribution is 0.332. The van der Waals surface area contributed by atoms with Crippen molar-refractivity contribution in [2.24, 2.45) is 5.41 Å². The van der Waals surface area contributed by atoms with Crippen LogP contribution in [-0.4, -0.2) is 19.8 Å². The topological polar surface area (TPSA) is 28.4 Å². The van der Waals surface area contributed by atoms with Crippen LogP contribution in [0.15, 0.2) is 113 Å². The normalized spacial score (nSPS) is 17.0. The molecule has 0 saturated carbocycles. The highest BCUT2D eigenvalue weighted by Gasteiger charge is 2.40. The Balaban J connectivity index is 1.60. The number of hydrogen-bond acceptors (Lipinski definition) is 3. The van der Waals surface area contributed by atoms with Crippen molar-refractivity contribution in [1.82, 2.24) is 5.32 Å². The predicted octanol–water partition coefficient (Wildman–Crippen LogP) is 11.7. The van der Waals surface area contributed by atoms with Gasteiger partial charge in [-0.1, -0.05) is 123 Å². The van der Waals surface area contributed by atoms with Crippen LogP contribution in [0.4, 0.5) is 5.69 Å². The van der Waals surface area contributed by atoms with Crippen LogP contribution in [0.5, 0.6) is 0 Å². The van der Waals surface area contributed by atoms with Crippen molar-refractivity contribution in [3.8, 4) is 11.1 Å². The number of fused-ring (bicyclic) bond motifs is 3. The second kappa shape index (κ2) is 14.3. The molecule has 0 atom stereocenters. The Labute approximate surface area is 321 Å². The summed E-state index contributed by atoms with van der Waals surface area (Å²) in [7, 11) is 0. The molecule has 1 aliphatic heterocycles. The van der Waals surface area contributed by atoms with E-state index in [0.29, 0.717) is 6.54 Å². The maximum absolute atomic E-state index is 7.06. The summed E-state index contributed by atoms with van der Waals surface area (Å²) in [4.78, 5) is 2.44. The van der Waals surface area contributed by atoms with Crippen LogP contribution >= 0.6 is 0 Å². The van der Waals surface area contributed by atoms with Gasteiger partial charge in [0.15, 0.2) is 0 Å². The van der Waals surface area contributed by atoms with E-state index in [9.17, 15) is 0 Å². The minimum atomic E-state index is -0.0667. The van der Waals surface area contributed by atoms with E-state index in [4.69, 9.17) is 4.42 Å². The lowest BCUT2D eigenvalue weighted by Crippen LogP contribution is -2.52. The van der Waals surface area contributed by atoms with E-state index >= 15 is 0 Å². The summed E-state index contributed by atoms with van der Waals surface area (Å²) >= 11 is 0. The van der Waals surface area contributed by atoms with Crippen molar-refractivity contribution >= 4 is 34.5 Å². The van der Waals surface area contributed by atoms with Gasteiger partial charge in [0.25, 0.3) is 6.71 Å². The first-order valence-corrected chi connectivity index (χ1v) is 19.8. The van der Waals surface area contributed by atoms with Crippen LogP contribution < -0.4 is 21.3 Å². The van der Waals surface area contributed by atoms with Crippen LogP contribution in [-0.2, 0) is 16.2 Å². The Bertz CT molecular complexity index is 2030. The quantitative estimate of drug-likeness (QED) is 0.107. The number of allylic oxidation sites excluding steroid dienone is 3. The summed E-state index contributed by atoms with van der Waals surface area (Å²) in [6.45, 7) is 33.1. The van der Waals surface area contributed by atoms with E-state index in [-0.39, 0.29) is 28.4 Å². The Hall–Kier alpha value is -4.02. The van der Waals surface area contributed by atoms with Gasteiger partial charge in [-0.2, -0.15) is 0 Å². The number of hydrogen-bond donors (Lipinski definition) is 1. The molecular weight excluding hydrogens is 643 g/mol. The Kier molecular flexibility index (Phi) is 10.5. The van der Waals surface area contributed by atoms with Crippen molar-refractivity contribution in [2.45, 2.75) is 119 Å². The fourth-order valence-electron chi connectivity index (χ4n) is 8.16. The number of furan rings is 1. The van der Waals surface area contributed by atoms with Gasteiger partial charge >= 0.3 is 0 Å². The molecule has 3 aromatic carbocycles. The maximum Gasteiger partial charge on any atom is 0.289 e. The first-order chi connectivity index (χ1) is 24.8. The van der Waals surface area contributed by atoms with E-state index < -0.39 is 0 Å². The minimum absolute atomic E-state index is 0.0667. The third-order valence-corrected chi connectivity index (χ3v) is 11.4. The van der Waals surface area contributed by atoms with Gasteiger partial charge in [-0.25, -0.2) is 0 Å². The standard InChI is InChI=1S/C49H63BN2O/c1-14-25-51-32-41-42(27-33(2)3)52(26-15-22-46(4,5)6)43-29-35(34-16-19-37(20-17-34)47(7,8)9)18-21-40(43)50(41)45-30-36-28-38-39(31-44(36)53-45)49(12,13)24-23-48(38,10)11/h14-21,26-31,51H,1,22-25,32H2,2-13H3/b26-15+. The molecule has 2 aliphatic rings. The highest BCUT2D eigenvalue weighted by molar-refractivity contribution is 6.92. The number of nitrogens with one attached hydrogen (secondary N) is 1. The third-order valence-electron chi connectivity index (χ3n) is 11.4. The summed E-state index contributed by atoms with van der Waals surface area (Å²) in [6, 6.07) is 23.3. The summed E-state index contributed by atoms with van der Waals surface area (Å²) in [5.74, 6) is 0. The predicted molar refractivity (Wildman–Crippen MR) is 232 cm³/mol. The van der Waals surface area contributed by atoms with Crippen LogP contribution in [0.2, 0.25) is 0 Å². The number of rotatable bonds is 9. The van der Waals surface area contributed by atoms with E-state index in [0.717, 1.165) is 24.2 Å². The zero-order valence-electron chi connectivity index (χ0n) is 34.8. The fourth-order valence-corrected chi connectivity index (χ4v) is 8.16. The van der Waals surface area contributed by atoms with E-state index in [2.05, 4.69) is 179 Å². The third kappa shape index (κ3) is 8.09. The largest absolute Gasteiger partial charge is 0.470 e. The molecule has 4 heteroatoms. The molecule has 0 bridgehead atoms. The first kappa shape index (κ1) is 38.7. The molecule has 1 aromatic heterocycles. The van der Waals surface area contributed by atoms with Crippen molar-refractivity contribution in [3.63, 3.8) is 0 Å². The molecule has 6 rings (SSSR count). The second-order valence-electron chi connectivity index (χ2n) is 19.5. The molecule has 0 amide bonds. The van der Waals surface area contributed by atoms with Gasteiger partial charge in [0.2, 0.25) is 0 Å². The smallest absolute Gasteiger partial charge is 0.289 e. The van der Waals surface area contributed by atoms with Gasteiger partial charge < -0.3 is 14.6 Å². The summed E-state index contributed by atoms with van der Waals surface area (Å²) in [5.41, 5.74) is 15.4. The van der Waals surface area contributed by atoms with Gasteiger partial charge in [-0.05, 0) is 124 Å². The zero-order chi connectivity index (χ0) is 38.5. The van der Waals surface area contributed by atoms with Crippen LogP contribution in [0.1, 0.15) is 119 Å². The van der Waals surface area contributed by atoms with Gasteiger partial charge in [-0.15, -0.1) is 6.58 Å². The lowest BCUT2D eigenvalue weighted by Gasteiger charge is -2.41. The molecule has 1 aliphatic carbocycles. The van der Waals surface area contributed by atoms with Gasteiger partial charge in [0.05, 0.1) is 5.66 Å². The van der Waals surface area contributed by atoms with Crippen molar-refractivity contribution in [1.29, 1.82) is 0 Å². The molecule has 1 N–H and O–H groups in total. The molecule has 0 fully saturated rings. The van der Waals surface area contributed by atoms with E-state index in [1.54, 1.807) is 0 Å². The molecule has 2 heterocycles. The summed E-state index contributed by atoms with van der Waals surface area (Å²) in [6.07, 6.45) is 12.3. The number of benzene rings is 3. The Morgan fingerprint density at radius 1 is 0.868 bits per heavy atom. The fraction of sp³-hybridized carbons (Fsp3) is 0.429. The van der Waals surface area contributed by atoms with Gasteiger partial charge in [0, 0.05) is 36.1 Å². The summed E-state index contributed by atoms with van der Waals surface area (Å²) in [5, 5.41) is 4.89. The molecule has 0 spiro atoms. The van der Waals surface area contributed by atoms with Crippen LogP contribution in [0.25, 0.3) is 22.1 Å². The Morgan fingerprint density at radius 2 is 1.51 bits per heavy atom. The van der Waals surface area contributed by atoms with Gasteiger partial charge in [-0.3, -0.25) is 0 Å².